The molecule has 2 aliphatic rings. The maximum Gasteiger partial charge on any atom is 0.295 e. The molecule has 1 N–H and O–H groups in total. The number of carbonyl (C=O) groups is 2. The van der Waals surface area contributed by atoms with Gasteiger partial charge in [0.05, 0.1) is 25.8 Å². The molecule has 1 fully saturated rings. The smallest absolute Gasteiger partial charge is 0.295 e. The Morgan fingerprint density at radius 2 is 1.91 bits per heavy atom. The third kappa shape index (κ3) is 4.21. The van der Waals surface area contributed by atoms with E-state index in [1.807, 2.05) is 13.0 Å². The summed E-state index contributed by atoms with van der Waals surface area (Å²) in [4.78, 5) is 27.8. The minimum absolute atomic E-state index is 0.0147. The van der Waals surface area contributed by atoms with E-state index in [1.54, 1.807) is 37.4 Å². The van der Waals surface area contributed by atoms with E-state index in [4.69, 9.17) is 18.9 Å². The number of ketones is 1. The van der Waals surface area contributed by atoms with Crippen LogP contribution in [-0.4, -0.2) is 62.3 Å². The highest BCUT2D eigenvalue weighted by Gasteiger charge is 2.47. The number of amides is 1. The summed E-state index contributed by atoms with van der Waals surface area (Å²) in [6, 6.07) is 9.63. The number of fused-ring (bicyclic) bond motifs is 1. The molecule has 0 spiro atoms. The summed E-state index contributed by atoms with van der Waals surface area (Å²) in [6.45, 7) is 2.67. The molecule has 180 valence electrons. The number of aliphatic hydroxyl groups excluding tert-OH is 1. The molecule has 1 saturated heterocycles. The standard InChI is InChI=1S/C26H29NO7/c1-15-12-17-13-16(6-8-20(17)34-15)24(28)22-23(19-14-18(32-3)7-9-21(19)33-4)27(10-5-11-31-2)26(30)25(22)29/h6-9,13-15,23,28H,5,10-12H2,1-4H3/b24-22+. The average Bonchev–Trinajstić information content (AvgIpc) is 3.34. The van der Waals surface area contributed by atoms with Gasteiger partial charge in [0.2, 0.25) is 0 Å². The Hall–Kier alpha value is -3.52. The predicted octanol–water partition coefficient (Wildman–Crippen LogP) is 3.49. The van der Waals surface area contributed by atoms with E-state index in [0.29, 0.717) is 42.1 Å². The van der Waals surface area contributed by atoms with Crippen LogP contribution in [0.25, 0.3) is 5.76 Å². The van der Waals surface area contributed by atoms with Crippen LogP contribution in [0.3, 0.4) is 0 Å². The summed E-state index contributed by atoms with van der Waals surface area (Å²) in [7, 11) is 4.63. The fourth-order valence-corrected chi connectivity index (χ4v) is 4.59. The molecule has 2 aliphatic heterocycles. The quantitative estimate of drug-likeness (QED) is 0.275. The van der Waals surface area contributed by atoms with Gasteiger partial charge in [-0.15, -0.1) is 0 Å². The Balaban J connectivity index is 1.87. The van der Waals surface area contributed by atoms with E-state index in [2.05, 4.69) is 0 Å². The van der Waals surface area contributed by atoms with Crippen LogP contribution in [0.4, 0.5) is 0 Å². The van der Waals surface area contributed by atoms with E-state index >= 15 is 0 Å². The number of benzene rings is 2. The first-order valence-corrected chi connectivity index (χ1v) is 11.2. The highest BCUT2D eigenvalue weighted by Crippen LogP contribution is 2.44. The van der Waals surface area contributed by atoms with Crippen molar-refractivity contribution in [1.82, 2.24) is 4.90 Å². The maximum atomic E-state index is 13.2. The number of Topliss-reactive ketones (excluding diaryl/α,β-unsaturated/α-hetero) is 1. The third-order valence-corrected chi connectivity index (χ3v) is 6.19. The Kier molecular flexibility index (Phi) is 6.79. The molecule has 34 heavy (non-hydrogen) atoms. The van der Waals surface area contributed by atoms with Gasteiger partial charge in [0, 0.05) is 37.8 Å². The molecule has 1 amide bonds. The second kappa shape index (κ2) is 9.77. The molecule has 8 heteroatoms. The number of ether oxygens (including phenoxy) is 4. The molecule has 0 bridgehead atoms. The number of hydrogen-bond acceptors (Lipinski definition) is 7. The van der Waals surface area contributed by atoms with E-state index in [-0.39, 0.29) is 24.0 Å². The van der Waals surface area contributed by atoms with Gasteiger partial charge in [-0.25, -0.2) is 0 Å². The van der Waals surface area contributed by atoms with E-state index in [0.717, 1.165) is 11.3 Å². The minimum atomic E-state index is -0.842. The van der Waals surface area contributed by atoms with Crippen molar-refractivity contribution in [2.45, 2.75) is 31.9 Å². The second-order valence-electron chi connectivity index (χ2n) is 8.40. The molecule has 2 atom stereocenters. The highest BCUT2D eigenvalue weighted by molar-refractivity contribution is 6.46. The van der Waals surface area contributed by atoms with Gasteiger partial charge in [-0.2, -0.15) is 0 Å². The zero-order chi connectivity index (χ0) is 24.4. The van der Waals surface area contributed by atoms with Crippen LogP contribution in [0.5, 0.6) is 17.2 Å². The second-order valence-corrected chi connectivity index (χ2v) is 8.40. The molecule has 2 aromatic rings. The number of hydrogen-bond donors (Lipinski definition) is 1. The van der Waals surface area contributed by atoms with Crippen LogP contribution in [0.1, 0.15) is 36.1 Å². The fourth-order valence-electron chi connectivity index (χ4n) is 4.59. The van der Waals surface area contributed by atoms with Crippen molar-refractivity contribution in [3.05, 3.63) is 58.7 Å². The zero-order valence-electron chi connectivity index (χ0n) is 19.8. The van der Waals surface area contributed by atoms with Gasteiger partial charge in [0.25, 0.3) is 11.7 Å². The predicted molar refractivity (Wildman–Crippen MR) is 125 cm³/mol. The van der Waals surface area contributed by atoms with Gasteiger partial charge >= 0.3 is 0 Å². The van der Waals surface area contributed by atoms with Gasteiger partial charge in [0.15, 0.2) is 0 Å². The lowest BCUT2D eigenvalue weighted by molar-refractivity contribution is -0.140. The topological polar surface area (TPSA) is 94.5 Å². The lowest BCUT2D eigenvalue weighted by atomic mass is 9.93. The monoisotopic (exact) mass is 467 g/mol. The number of likely N-dealkylation sites (tertiary alicyclic amines) is 1. The lowest BCUT2D eigenvalue weighted by Crippen LogP contribution is -2.31. The minimum Gasteiger partial charge on any atom is -0.507 e. The van der Waals surface area contributed by atoms with Gasteiger partial charge in [-0.05, 0) is 55.3 Å². The maximum absolute atomic E-state index is 13.2. The van der Waals surface area contributed by atoms with Crippen LogP contribution >= 0.6 is 0 Å². The number of carbonyl (C=O) groups excluding carboxylic acids is 2. The number of nitrogens with zero attached hydrogens (tertiary/aromatic N) is 1. The van der Waals surface area contributed by atoms with Crippen molar-refractivity contribution in [3.63, 3.8) is 0 Å². The first-order valence-electron chi connectivity index (χ1n) is 11.2. The first-order chi connectivity index (χ1) is 16.4. The molecule has 0 aliphatic carbocycles. The molecule has 2 unspecified atom stereocenters. The van der Waals surface area contributed by atoms with Gasteiger partial charge in [-0.3, -0.25) is 9.59 Å². The van der Waals surface area contributed by atoms with Crippen molar-refractivity contribution >= 4 is 17.4 Å². The van der Waals surface area contributed by atoms with Crippen LogP contribution in [0.15, 0.2) is 42.0 Å². The summed E-state index contributed by atoms with van der Waals surface area (Å²) in [5.41, 5.74) is 1.97. The first kappa shape index (κ1) is 23.6. The van der Waals surface area contributed by atoms with Crippen molar-refractivity contribution in [1.29, 1.82) is 0 Å². The van der Waals surface area contributed by atoms with Gasteiger partial charge < -0.3 is 29.0 Å². The lowest BCUT2D eigenvalue weighted by Gasteiger charge is -2.27. The molecule has 0 radical (unpaired) electrons. The summed E-state index contributed by atoms with van der Waals surface area (Å²) in [5, 5.41) is 11.4. The molecule has 8 nitrogen and oxygen atoms in total. The Morgan fingerprint density at radius 3 is 2.62 bits per heavy atom. The van der Waals surface area contributed by atoms with E-state index in [9.17, 15) is 14.7 Å². The molecule has 0 saturated carbocycles. The molecule has 2 heterocycles. The van der Waals surface area contributed by atoms with Crippen LogP contribution in [-0.2, 0) is 20.7 Å². The number of aliphatic hydroxyl groups is 1. The van der Waals surface area contributed by atoms with Crippen molar-refractivity contribution in [3.8, 4) is 17.2 Å². The Labute approximate surface area is 198 Å². The van der Waals surface area contributed by atoms with Crippen LogP contribution in [0.2, 0.25) is 0 Å². The van der Waals surface area contributed by atoms with Crippen LogP contribution < -0.4 is 14.2 Å². The highest BCUT2D eigenvalue weighted by atomic mass is 16.5. The van der Waals surface area contributed by atoms with E-state index < -0.39 is 17.7 Å². The summed E-state index contributed by atoms with van der Waals surface area (Å²) in [6.07, 6.45) is 1.27. The summed E-state index contributed by atoms with van der Waals surface area (Å²) < 4.78 is 21.8. The Morgan fingerprint density at radius 1 is 1.12 bits per heavy atom. The van der Waals surface area contributed by atoms with E-state index in [1.165, 1.54) is 19.1 Å². The summed E-state index contributed by atoms with van der Waals surface area (Å²) >= 11 is 0. The molecule has 0 aromatic heterocycles. The summed E-state index contributed by atoms with van der Waals surface area (Å²) in [5.74, 6) is 0.133. The van der Waals surface area contributed by atoms with Crippen molar-refractivity contribution in [2.75, 3.05) is 34.5 Å². The van der Waals surface area contributed by atoms with Crippen LogP contribution in [0, 0.1) is 0 Å². The SMILES string of the molecule is COCCCN1C(=O)C(=O)/C(=C(/O)c2ccc3c(c2)CC(C)O3)C1c1cc(OC)ccc1OC. The number of rotatable bonds is 8. The molecular formula is C26H29NO7. The zero-order valence-corrected chi connectivity index (χ0v) is 19.8. The average molecular weight is 468 g/mol. The van der Waals surface area contributed by atoms with Gasteiger partial charge in [-0.1, -0.05) is 0 Å². The molecule has 4 rings (SSSR count). The van der Waals surface area contributed by atoms with Crippen molar-refractivity contribution < 1.29 is 33.6 Å². The number of methoxy groups -OCH3 is 3. The Bertz CT molecular complexity index is 1140. The van der Waals surface area contributed by atoms with Crippen molar-refractivity contribution in [2.24, 2.45) is 0 Å². The molecular weight excluding hydrogens is 438 g/mol. The largest absolute Gasteiger partial charge is 0.507 e. The molecule has 2 aromatic carbocycles. The normalized spacial score (nSPS) is 20.9. The van der Waals surface area contributed by atoms with Gasteiger partial charge in [0.1, 0.15) is 29.1 Å². The third-order valence-electron chi connectivity index (χ3n) is 6.19. The fraction of sp³-hybridized carbons (Fsp3) is 0.385.